The van der Waals surface area contributed by atoms with Gasteiger partial charge in [-0.3, -0.25) is 14.9 Å². The van der Waals surface area contributed by atoms with Crippen LogP contribution in [0.1, 0.15) is 31.7 Å². The predicted octanol–water partition coefficient (Wildman–Crippen LogP) is 3.07. The first-order valence-corrected chi connectivity index (χ1v) is 7.52. The van der Waals surface area contributed by atoms with Crippen LogP contribution in [-0.4, -0.2) is 30.6 Å². The van der Waals surface area contributed by atoms with E-state index in [1.165, 1.54) is 18.2 Å². The molecular weight excluding hydrogens is 303 g/mol. The van der Waals surface area contributed by atoms with Crippen molar-refractivity contribution in [3.8, 4) is 0 Å². The van der Waals surface area contributed by atoms with Crippen LogP contribution in [0.4, 0.5) is 10.1 Å². The predicted molar refractivity (Wildman–Crippen MR) is 85.4 cm³/mol. The molecule has 1 rings (SSSR count). The van der Waals surface area contributed by atoms with Crippen molar-refractivity contribution in [3.63, 3.8) is 0 Å². The second kappa shape index (κ2) is 10.4. The first-order valence-electron chi connectivity index (χ1n) is 7.52. The van der Waals surface area contributed by atoms with Gasteiger partial charge in [-0.15, -0.1) is 0 Å². The van der Waals surface area contributed by atoms with Crippen molar-refractivity contribution in [2.75, 3.05) is 19.8 Å². The summed E-state index contributed by atoms with van der Waals surface area (Å²) in [5, 5.41) is 13.5. The zero-order valence-corrected chi connectivity index (χ0v) is 13.1. The lowest BCUT2D eigenvalue weighted by Crippen LogP contribution is -2.23. The number of halogens is 1. The Balaban J connectivity index is 2.40. The van der Waals surface area contributed by atoms with Gasteiger partial charge in [0.1, 0.15) is 5.82 Å². The Hall–Kier alpha value is -2.28. The van der Waals surface area contributed by atoms with Gasteiger partial charge in [-0.1, -0.05) is 13.3 Å². The monoisotopic (exact) mass is 324 g/mol. The number of unbranched alkanes of at least 4 members (excludes halogenated alkanes) is 1. The maximum atomic E-state index is 13.0. The van der Waals surface area contributed by atoms with Crippen molar-refractivity contribution in [1.29, 1.82) is 0 Å². The highest BCUT2D eigenvalue weighted by Crippen LogP contribution is 2.20. The number of carbonyl (C=O) groups excluding carboxylic acids is 1. The third-order valence-corrected chi connectivity index (χ3v) is 3.01. The summed E-state index contributed by atoms with van der Waals surface area (Å²) in [4.78, 5) is 21.8. The summed E-state index contributed by atoms with van der Waals surface area (Å²) in [5.74, 6) is -1.06. The second-order valence-electron chi connectivity index (χ2n) is 4.90. The fourth-order valence-corrected chi connectivity index (χ4v) is 1.77. The molecule has 0 aliphatic carbocycles. The quantitative estimate of drug-likeness (QED) is 0.310. The Morgan fingerprint density at radius 2 is 2.13 bits per heavy atom. The Bertz CT molecular complexity index is 561. The molecule has 0 bridgehead atoms. The van der Waals surface area contributed by atoms with E-state index in [2.05, 4.69) is 12.2 Å². The molecule has 0 fully saturated rings. The van der Waals surface area contributed by atoms with E-state index in [9.17, 15) is 19.3 Å². The molecule has 0 saturated carbocycles. The molecule has 1 N–H and O–H groups in total. The van der Waals surface area contributed by atoms with Crippen molar-refractivity contribution in [3.05, 3.63) is 45.8 Å². The third kappa shape index (κ3) is 7.51. The van der Waals surface area contributed by atoms with E-state index in [-0.39, 0.29) is 17.2 Å². The van der Waals surface area contributed by atoms with Crippen molar-refractivity contribution in [2.24, 2.45) is 0 Å². The highest BCUT2D eigenvalue weighted by Gasteiger charge is 2.12. The van der Waals surface area contributed by atoms with Gasteiger partial charge in [-0.05, 0) is 31.1 Å². The largest absolute Gasteiger partial charge is 0.381 e. The Morgan fingerprint density at radius 3 is 2.83 bits per heavy atom. The number of hydrogen-bond acceptors (Lipinski definition) is 4. The number of rotatable bonds is 10. The number of carbonyl (C=O) groups is 1. The molecule has 0 aliphatic rings. The Labute approximate surface area is 134 Å². The van der Waals surface area contributed by atoms with Crippen molar-refractivity contribution < 1.29 is 18.8 Å². The van der Waals surface area contributed by atoms with Crippen LogP contribution < -0.4 is 5.32 Å². The molecule has 0 aliphatic heterocycles. The average Bonchev–Trinajstić information content (AvgIpc) is 2.52. The van der Waals surface area contributed by atoms with Gasteiger partial charge >= 0.3 is 0 Å². The van der Waals surface area contributed by atoms with E-state index < -0.39 is 10.7 Å². The number of nitrogens with zero attached hydrogens (tertiary/aromatic N) is 1. The van der Waals surface area contributed by atoms with Crippen LogP contribution in [-0.2, 0) is 9.53 Å². The van der Waals surface area contributed by atoms with Gasteiger partial charge in [0.25, 0.3) is 5.69 Å². The van der Waals surface area contributed by atoms with Crippen LogP contribution in [0.3, 0.4) is 0 Å². The topological polar surface area (TPSA) is 81.5 Å². The molecule has 1 amide bonds. The first-order chi connectivity index (χ1) is 11.0. The zero-order valence-electron chi connectivity index (χ0n) is 13.1. The lowest BCUT2D eigenvalue weighted by atomic mass is 10.1. The lowest BCUT2D eigenvalue weighted by molar-refractivity contribution is -0.385. The van der Waals surface area contributed by atoms with Gasteiger partial charge in [0.05, 0.1) is 16.6 Å². The SMILES string of the molecule is CCCCOCCCNC(=O)C=Cc1ccc(F)cc1[N+](=O)[O-]. The van der Waals surface area contributed by atoms with Gasteiger partial charge in [0.2, 0.25) is 5.91 Å². The fourth-order valence-electron chi connectivity index (χ4n) is 1.77. The number of nitrogens with one attached hydrogen (secondary N) is 1. The minimum Gasteiger partial charge on any atom is -0.381 e. The molecule has 6 nitrogen and oxygen atoms in total. The Kier molecular flexibility index (Phi) is 8.52. The summed E-state index contributed by atoms with van der Waals surface area (Å²) in [5.41, 5.74) is -0.201. The maximum absolute atomic E-state index is 13.0. The van der Waals surface area contributed by atoms with Crippen molar-refractivity contribution in [2.45, 2.75) is 26.2 Å². The molecule has 0 unspecified atom stereocenters. The molecular formula is C16H21FN2O4. The van der Waals surface area contributed by atoms with Crippen molar-refractivity contribution in [1.82, 2.24) is 5.32 Å². The zero-order chi connectivity index (χ0) is 17.1. The van der Waals surface area contributed by atoms with E-state index in [0.717, 1.165) is 31.6 Å². The highest BCUT2D eigenvalue weighted by atomic mass is 19.1. The third-order valence-electron chi connectivity index (χ3n) is 3.01. The van der Waals surface area contributed by atoms with Crippen LogP contribution in [0.15, 0.2) is 24.3 Å². The molecule has 0 atom stereocenters. The number of benzene rings is 1. The van der Waals surface area contributed by atoms with Crippen LogP contribution in [0.2, 0.25) is 0 Å². The highest BCUT2D eigenvalue weighted by molar-refractivity contribution is 5.92. The van der Waals surface area contributed by atoms with Gasteiger partial charge in [0.15, 0.2) is 0 Å². The minimum absolute atomic E-state index is 0.175. The standard InChI is InChI=1S/C16H21FN2O4/c1-2-3-10-23-11-4-9-18-16(20)8-6-13-5-7-14(17)12-15(13)19(21)22/h5-8,12H,2-4,9-11H2,1H3,(H,18,20). The van der Waals surface area contributed by atoms with E-state index in [1.807, 2.05) is 0 Å². The molecule has 7 heteroatoms. The summed E-state index contributed by atoms with van der Waals surface area (Å²) >= 11 is 0. The minimum atomic E-state index is -0.693. The smallest absolute Gasteiger partial charge is 0.279 e. The molecule has 0 spiro atoms. The van der Waals surface area contributed by atoms with Crippen LogP contribution in [0, 0.1) is 15.9 Å². The molecule has 1 aromatic carbocycles. The van der Waals surface area contributed by atoms with Crippen LogP contribution >= 0.6 is 0 Å². The summed E-state index contributed by atoms with van der Waals surface area (Å²) in [6.45, 7) is 3.84. The number of nitro groups is 1. The Morgan fingerprint density at radius 1 is 1.39 bits per heavy atom. The molecule has 0 saturated heterocycles. The van der Waals surface area contributed by atoms with Gasteiger partial charge < -0.3 is 10.1 Å². The second-order valence-corrected chi connectivity index (χ2v) is 4.90. The molecule has 1 aromatic rings. The number of nitro benzene ring substituents is 1. The lowest BCUT2D eigenvalue weighted by Gasteiger charge is -2.04. The van der Waals surface area contributed by atoms with E-state index in [1.54, 1.807) is 0 Å². The molecule has 23 heavy (non-hydrogen) atoms. The summed E-state index contributed by atoms with van der Waals surface area (Å²) in [6, 6.07) is 3.20. The van der Waals surface area contributed by atoms with Crippen molar-refractivity contribution >= 4 is 17.7 Å². The molecule has 126 valence electrons. The molecule has 0 radical (unpaired) electrons. The maximum Gasteiger partial charge on any atom is 0.279 e. The number of ether oxygens (including phenoxy) is 1. The molecule has 0 aromatic heterocycles. The summed E-state index contributed by atoms with van der Waals surface area (Å²) in [6.07, 6.45) is 5.28. The van der Waals surface area contributed by atoms with Crippen LogP contribution in [0.5, 0.6) is 0 Å². The molecule has 0 heterocycles. The van der Waals surface area contributed by atoms with Gasteiger partial charge in [-0.2, -0.15) is 0 Å². The van der Waals surface area contributed by atoms with E-state index in [0.29, 0.717) is 19.6 Å². The van der Waals surface area contributed by atoms with Gasteiger partial charge in [-0.25, -0.2) is 4.39 Å². The van der Waals surface area contributed by atoms with E-state index in [4.69, 9.17) is 4.74 Å². The summed E-state index contributed by atoms with van der Waals surface area (Å²) < 4.78 is 18.4. The normalized spacial score (nSPS) is 10.9. The first kappa shape index (κ1) is 18.8. The van der Waals surface area contributed by atoms with Gasteiger partial charge in [0, 0.05) is 25.8 Å². The summed E-state index contributed by atoms with van der Waals surface area (Å²) in [7, 11) is 0. The van der Waals surface area contributed by atoms with E-state index >= 15 is 0 Å². The average molecular weight is 324 g/mol. The fraction of sp³-hybridized carbons (Fsp3) is 0.438. The number of amides is 1. The van der Waals surface area contributed by atoms with Crippen LogP contribution in [0.25, 0.3) is 6.08 Å². The number of hydrogen-bond donors (Lipinski definition) is 1.